The molecule has 0 radical (unpaired) electrons. The maximum atomic E-state index is 15.3. The number of nitriles is 1. The summed E-state index contributed by atoms with van der Waals surface area (Å²) in [6.07, 6.45) is 0.934. The normalized spacial score (nSPS) is 12.8. The van der Waals surface area contributed by atoms with Crippen LogP contribution >= 0.6 is 0 Å². The molecule has 2 atom stereocenters. The number of pyridine rings is 1. The van der Waals surface area contributed by atoms with Crippen LogP contribution in [0.4, 0.5) is 35.3 Å². The van der Waals surface area contributed by atoms with E-state index in [1.807, 2.05) is 18.2 Å². The second-order valence-corrected chi connectivity index (χ2v) is 10.8. The number of amides is 1. The van der Waals surface area contributed by atoms with Gasteiger partial charge in [-0.15, -0.1) is 0 Å². The van der Waals surface area contributed by atoms with Crippen LogP contribution in [0.3, 0.4) is 0 Å². The Hall–Kier alpha value is -4.83. The SMILES string of the molecule is COCCn1ncc2cc(Nc3nc(N[C@H](c4ccc(F)c(F)c4)[C@H](C)NC(=O)OC(C)(C)C)c(F)cc3C#N)ccc21. The Labute approximate surface area is 246 Å². The Bertz CT molecular complexity index is 1660. The molecule has 226 valence electrons. The maximum absolute atomic E-state index is 15.3. The number of anilines is 3. The van der Waals surface area contributed by atoms with Crippen LogP contribution in [0, 0.1) is 28.8 Å². The molecule has 2 aromatic carbocycles. The average molecular weight is 596 g/mol. The summed E-state index contributed by atoms with van der Waals surface area (Å²) in [6, 6.07) is 9.75. The number of halogens is 3. The first-order chi connectivity index (χ1) is 20.4. The summed E-state index contributed by atoms with van der Waals surface area (Å²) in [7, 11) is 1.61. The molecule has 0 saturated heterocycles. The molecule has 43 heavy (non-hydrogen) atoms. The van der Waals surface area contributed by atoms with Gasteiger partial charge >= 0.3 is 6.09 Å². The highest BCUT2D eigenvalue weighted by Gasteiger charge is 2.27. The molecule has 10 nitrogen and oxygen atoms in total. The van der Waals surface area contributed by atoms with E-state index in [0.717, 1.165) is 29.1 Å². The minimum Gasteiger partial charge on any atom is -0.444 e. The zero-order valence-electron chi connectivity index (χ0n) is 24.3. The molecule has 3 N–H and O–H groups in total. The number of alkyl carbamates (subject to hydrolysis) is 1. The van der Waals surface area contributed by atoms with Crippen molar-refractivity contribution in [1.29, 1.82) is 5.26 Å². The monoisotopic (exact) mass is 595 g/mol. The number of methoxy groups -OCH3 is 1. The topological polar surface area (TPSA) is 126 Å². The Morgan fingerprint density at radius 1 is 1.07 bits per heavy atom. The van der Waals surface area contributed by atoms with Crippen LogP contribution in [-0.2, 0) is 16.0 Å². The van der Waals surface area contributed by atoms with Gasteiger partial charge in [0.25, 0.3) is 0 Å². The first-order valence-electron chi connectivity index (χ1n) is 13.4. The van der Waals surface area contributed by atoms with Gasteiger partial charge in [-0.1, -0.05) is 6.07 Å². The van der Waals surface area contributed by atoms with Crippen molar-refractivity contribution in [3.05, 3.63) is 77.2 Å². The van der Waals surface area contributed by atoms with Gasteiger partial charge in [-0.3, -0.25) is 4.68 Å². The van der Waals surface area contributed by atoms with E-state index in [9.17, 15) is 18.8 Å². The Kier molecular flexibility index (Phi) is 9.40. The van der Waals surface area contributed by atoms with E-state index >= 15 is 4.39 Å². The lowest BCUT2D eigenvalue weighted by Gasteiger charge is -2.29. The third kappa shape index (κ3) is 7.72. The summed E-state index contributed by atoms with van der Waals surface area (Å²) in [4.78, 5) is 16.8. The second-order valence-electron chi connectivity index (χ2n) is 10.8. The van der Waals surface area contributed by atoms with E-state index in [2.05, 4.69) is 26.0 Å². The van der Waals surface area contributed by atoms with Gasteiger partial charge in [-0.2, -0.15) is 10.4 Å². The maximum Gasteiger partial charge on any atom is 0.407 e. The van der Waals surface area contributed by atoms with Crippen LogP contribution in [0.1, 0.15) is 44.9 Å². The van der Waals surface area contributed by atoms with Crippen LogP contribution in [0.5, 0.6) is 0 Å². The fraction of sp³-hybridized carbons (Fsp3) is 0.333. The zero-order chi connectivity index (χ0) is 31.3. The second kappa shape index (κ2) is 13.0. The molecule has 4 aromatic rings. The van der Waals surface area contributed by atoms with E-state index in [1.165, 1.54) is 6.07 Å². The van der Waals surface area contributed by atoms with Gasteiger partial charge in [0.2, 0.25) is 0 Å². The molecule has 1 amide bonds. The van der Waals surface area contributed by atoms with Gasteiger partial charge in [0.15, 0.2) is 29.1 Å². The quantitative estimate of drug-likeness (QED) is 0.199. The molecule has 2 aromatic heterocycles. The number of nitrogens with one attached hydrogen (secondary N) is 3. The summed E-state index contributed by atoms with van der Waals surface area (Å²) < 4.78 is 55.5. The molecule has 4 rings (SSSR count). The third-order valence-electron chi connectivity index (χ3n) is 6.35. The van der Waals surface area contributed by atoms with Crippen molar-refractivity contribution in [2.45, 2.75) is 51.9 Å². The lowest BCUT2D eigenvalue weighted by atomic mass is 10.00. The largest absolute Gasteiger partial charge is 0.444 e. The van der Waals surface area contributed by atoms with E-state index < -0.39 is 41.2 Å². The number of hydrogen-bond donors (Lipinski definition) is 3. The van der Waals surface area contributed by atoms with Gasteiger partial charge in [0.05, 0.1) is 42.5 Å². The van der Waals surface area contributed by atoms with Crippen molar-refractivity contribution in [2.24, 2.45) is 0 Å². The molecule has 0 bridgehead atoms. The van der Waals surface area contributed by atoms with Gasteiger partial charge in [0.1, 0.15) is 11.7 Å². The van der Waals surface area contributed by atoms with Crippen LogP contribution in [0.15, 0.2) is 48.7 Å². The third-order valence-corrected chi connectivity index (χ3v) is 6.35. The number of carbonyl (C=O) groups is 1. The molecule has 13 heteroatoms. The molecule has 0 aliphatic carbocycles. The minimum atomic E-state index is -1.12. The summed E-state index contributed by atoms with van der Waals surface area (Å²) >= 11 is 0. The molecule has 0 unspecified atom stereocenters. The highest BCUT2D eigenvalue weighted by molar-refractivity contribution is 5.83. The molecular formula is C30H32F3N7O3. The van der Waals surface area contributed by atoms with Crippen molar-refractivity contribution in [2.75, 3.05) is 24.4 Å². The lowest BCUT2D eigenvalue weighted by Crippen LogP contribution is -2.42. The number of carbonyl (C=O) groups excluding carboxylic acids is 1. The van der Waals surface area contributed by atoms with Gasteiger partial charge in [0, 0.05) is 18.2 Å². The summed E-state index contributed by atoms with van der Waals surface area (Å²) in [5.41, 5.74) is 0.791. The predicted molar refractivity (Wildman–Crippen MR) is 155 cm³/mol. The summed E-state index contributed by atoms with van der Waals surface area (Å²) in [6.45, 7) is 7.73. The highest BCUT2D eigenvalue weighted by Crippen LogP contribution is 2.30. The van der Waals surface area contributed by atoms with Crippen molar-refractivity contribution in [1.82, 2.24) is 20.1 Å². The highest BCUT2D eigenvalue weighted by atomic mass is 19.2. The van der Waals surface area contributed by atoms with Crippen molar-refractivity contribution < 1.29 is 27.4 Å². The molecule has 2 heterocycles. The smallest absolute Gasteiger partial charge is 0.407 e. The Morgan fingerprint density at radius 2 is 1.84 bits per heavy atom. The molecular weight excluding hydrogens is 563 g/mol. The Balaban J connectivity index is 1.66. The molecule has 0 aliphatic heterocycles. The van der Waals surface area contributed by atoms with E-state index in [4.69, 9.17) is 9.47 Å². The lowest BCUT2D eigenvalue weighted by molar-refractivity contribution is 0.0503. The van der Waals surface area contributed by atoms with Crippen LogP contribution in [0.25, 0.3) is 10.9 Å². The molecule has 0 spiro atoms. The Morgan fingerprint density at radius 3 is 2.51 bits per heavy atom. The molecule has 0 saturated carbocycles. The minimum absolute atomic E-state index is 0.0503. The van der Waals surface area contributed by atoms with E-state index in [0.29, 0.717) is 18.8 Å². The van der Waals surface area contributed by atoms with Gasteiger partial charge in [-0.25, -0.2) is 22.9 Å². The number of hydrogen-bond acceptors (Lipinski definition) is 8. The fourth-order valence-electron chi connectivity index (χ4n) is 4.36. The van der Waals surface area contributed by atoms with Crippen LogP contribution in [0.2, 0.25) is 0 Å². The van der Waals surface area contributed by atoms with E-state index in [-0.39, 0.29) is 22.8 Å². The molecule has 0 fully saturated rings. The van der Waals surface area contributed by atoms with Crippen molar-refractivity contribution in [3.63, 3.8) is 0 Å². The van der Waals surface area contributed by atoms with E-state index in [1.54, 1.807) is 51.7 Å². The van der Waals surface area contributed by atoms with Crippen molar-refractivity contribution >= 4 is 34.3 Å². The number of nitrogens with zero attached hydrogens (tertiary/aromatic N) is 4. The van der Waals surface area contributed by atoms with Gasteiger partial charge < -0.3 is 25.4 Å². The number of aromatic nitrogens is 3. The standard InChI is InChI=1S/C30H32F3N7O3/c1-17(36-29(41)43-30(2,3)4)26(18-6-8-22(31)23(32)13-18)38-28-24(33)14-19(15-34)27(39-28)37-21-7-9-25-20(12-21)16-35-40(25)10-11-42-5/h6-9,12-14,16-17,26H,10-11H2,1-5H3,(H,36,41)(H2,37,38,39)/t17-,26-/m0/s1. The summed E-state index contributed by atoms with van der Waals surface area (Å²) in [5.74, 6) is -3.29. The van der Waals surface area contributed by atoms with Crippen LogP contribution in [-0.4, -0.2) is 46.2 Å². The zero-order valence-corrected chi connectivity index (χ0v) is 24.3. The van der Waals surface area contributed by atoms with Gasteiger partial charge in [-0.05, 0) is 69.7 Å². The fourth-order valence-corrected chi connectivity index (χ4v) is 4.36. The first-order valence-corrected chi connectivity index (χ1v) is 13.4. The first kappa shape index (κ1) is 31.1. The number of benzene rings is 2. The van der Waals surface area contributed by atoms with Crippen LogP contribution < -0.4 is 16.0 Å². The number of fused-ring (bicyclic) bond motifs is 1. The number of ether oxygens (including phenoxy) is 2. The average Bonchev–Trinajstić information content (AvgIpc) is 3.34. The predicted octanol–water partition coefficient (Wildman–Crippen LogP) is 6.18. The molecule has 0 aliphatic rings. The van der Waals surface area contributed by atoms with Crippen molar-refractivity contribution in [3.8, 4) is 6.07 Å². The number of rotatable bonds is 10. The summed E-state index contributed by atoms with van der Waals surface area (Å²) in [5, 5.41) is 23.5.